The van der Waals surface area contributed by atoms with Gasteiger partial charge in [-0.3, -0.25) is 19.8 Å². The van der Waals surface area contributed by atoms with E-state index in [1.54, 1.807) is 25.1 Å². The number of hydrogen-bond donors (Lipinski definition) is 0. The highest BCUT2D eigenvalue weighted by Gasteiger charge is 2.43. The van der Waals surface area contributed by atoms with Crippen LogP contribution in [0.2, 0.25) is 0 Å². The first-order valence-corrected chi connectivity index (χ1v) is 8.50. The lowest BCUT2D eigenvalue weighted by atomic mass is 9.93. The fourth-order valence-corrected chi connectivity index (χ4v) is 3.95. The highest BCUT2D eigenvalue weighted by molar-refractivity contribution is 8.14. The number of amidine groups is 1. The fraction of sp³-hybridized carbons (Fsp3) is 0.312. The Kier molecular flexibility index (Phi) is 4.58. The van der Waals surface area contributed by atoms with Gasteiger partial charge >= 0.3 is 5.97 Å². The third kappa shape index (κ3) is 2.91. The van der Waals surface area contributed by atoms with Gasteiger partial charge in [0.2, 0.25) is 5.91 Å². The highest BCUT2D eigenvalue weighted by atomic mass is 32.2. The average molecular weight is 361 g/mol. The molecule has 8 nitrogen and oxygen atoms in total. The molecule has 0 bridgehead atoms. The van der Waals surface area contributed by atoms with Crippen molar-refractivity contribution >= 4 is 34.5 Å². The number of fused-ring (bicyclic) bond motifs is 1. The maximum Gasteiger partial charge on any atom is 0.338 e. The molecule has 1 amide bonds. The Morgan fingerprint density at radius 2 is 2.16 bits per heavy atom. The standard InChI is InChI=1S/C16H15N3O5S/c1-9-13(15(21)24-2)14(10-5-3-4-6-11(10)19(22)23)18-12(20)7-8-25-16(18)17-9/h3-6,14H,7-8H2,1-2H3. The molecule has 1 saturated heterocycles. The lowest BCUT2D eigenvalue weighted by Crippen LogP contribution is -2.46. The van der Waals surface area contributed by atoms with E-state index in [0.29, 0.717) is 16.6 Å². The van der Waals surface area contributed by atoms with Gasteiger partial charge in [0.15, 0.2) is 5.17 Å². The number of nitrogens with zero attached hydrogens (tertiary/aromatic N) is 3. The normalized spacial score (nSPS) is 20.1. The summed E-state index contributed by atoms with van der Waals surface area (Å²) < 4.78 is 4.85. The van der Waals surface area contributed by atoms with Gasteiger partial charge in [-0.1, -0.05) is 23.9 Å². The Morgan fingerprint density at radius 1 is 1.44 bits per heavy atom. The van der Waals surface area contributed by atoms with Crippen LogP contribution in [0.3, 0.4) is 0 Å². The van der Waals surface area contributed by atoms with Crippen LogP contribution in [-0.4, -0.2) is 39.7 Å². The van der Waals surface area contributed by atoms with Crippen molar-refractivity contribution in [3.8, 4) is 0 Å². The fourth-order valence-electron chi connectivity index (χ4n) is 2.95. The lowest BCUT2D eigenvalue weighted by Gasteiger charge is -2.38. The van der Waals surface area contributed by atoms with Gasteiger partial charge in [-0.15, -0.1) is 0 Å². The van der Waals surface area contributed by atoms with E-state index < -0.39 is 16.9 Å². The molecule has 0 aromatic heterocycles. The molecule has 0 radical (unpaired) electrons. The molecule has 2 heterocycles. The zero-order valence-electron chi connectivity index (χ0n) is 13.6. The van der Waals surface area contributed by atoms with Crippen LogP contribution in [0, 0.1) is 10.1 Å². The van der Waals surface area contributed by atoms with Gasteiger partial charge in [0.25, 0.3) is 5.69 Å². The first kappa shape index (κ1) is 17.2. The summed E-state index contributed by atoms with van der Waals surface area (Å²) in [6.07, 6.45) is 0.272. The summed E-state index contributed by atoms with van der Waals surface area (Å²) >= 11 is 1.39. The van der Waals surface area contributed by atoms with Gasteiger partial charge in [-0.2, -0.15) is 0 Å². The van der Waals surface area contributed by atoms with E-state index in [0.717, 1.165) is 0 Å². The predicted octanol–water partition coefficient (Wildman–Crippen LogP) is 2.42. The Balaban J connectivity index is 2.26. The van der Waals surface area contributed by atoms with Crippen LogP contribution in [0.25, 0.3) is 0 Å². The number of methoxy groups -OCH3 is 1. The van der Waals surface area contributed by atoms with Crippen molar-refractivity contribution in [2.45, 2.75) is 19.4 Å². The first-order valence-electron chi connectivity index (χ1n) is 7.51. The van der Waals surface area contributed by atoms with Crippen LogP contribution >= 0.6 is 11.8 Å². The molecule has 9 heteroatoms. The zero-order valence-corrected chi connectivity index (χ0v) is 14.4. The summed E-state index contributed by atoms with van der Waals surface area (Å²) in [5, 5.41) is 11.9. The number of allylic oxidation sites excluding steroid dienone is 1. The zero-order chi connectivity index (χ0) is 18.1. The second-order valence-electron chi connectivity index (χ2n) is 5.47. The molecule has 2 aliphatic rings. The number of rotatable bonds is 3. The number of hydrogen-bond acceptors (Lipinski definition) is 7. The Labute approximate surface area is 147 Å². The SMILES string of the molecule is COC(=O)C1=C(C)N=C2SCCC(=O)N2C1c1ccccc1[N+](=O)[O-]. The Hall–Kier alpha value is -2.68. The van der Waals surface area contributed by atoms with E-state index in [9.17, 15) is 19.7 Å². The van der Waals surface area contributed by atoms with Gasteiger partial charge in [0, 0.05) is 18.2 Å². The van der Waals surface area contributed by atoms with E-state index in [-0.39, 0.29) is 29.2 Å². The van der Waals surface area contributed by atoms with Gasteiger partial charge in [-0.25, -0.2) is 9.79 Å². The number of thioether (sulfide) groups is 1. The largest absolute Gasteiger partial charge is 0.466 e. The molecule has 0 saturated carbocycles. The lowest BCUT2D eigenvalue weighted by molar-refractivity contribution is -0.385. The second kappa shape index (κ2) is 6.67. The van der Waals surface area contributed by atoms with Gasteiger partial charge in [0.05, 0.1) is 28.9 Å². The molecule has 1 aromatic carbocycles. The number of carbonyl (C=O) groups excluding carboxylic acids is 2. The summed E-state index contributed by atoms with van der Waals surface area (Å²) in [7, 11) is 1.23. The summed E-state index contributed by atoms with van der Waals surface area (Å²) in [5.74, 6) is -0.306. The molecule has 0 N–H and O–H groups in total. The van der Waals surface area contributed by atoms with E-state index in [2.05, 4.69) is 4.99 Å². The number of esters is 1. The minimum absolute atomic E-state index is 0.136. The van der Waals surface area contributed by atoms with Crippen molar-refractivity contribution in [3.05, 3.63) is 51.2 Å². The van der Waals surface area contributed by atoms with E-state index in [4.69, 9.17) is 4.74 Å². The molecular weight excluding hydrogens is 346 g/mol. The van der Waals surface area contributed by atoms with Crippen molar-refractivity contribution in [1.29, 1.82) is 0 Å². The second-order valence-corrected chi connectivity index (χ2v) is 6.53. The van der Waals surface area contributed by atoms with Crippen LogP contribution in [0.4, 0.5) is 5.69 Å². The van der Waals surface area contributed by atoms with Crippen molar-refractivity contribution in [3.63, 3.8) is 0 Å². The Bertz CT molecular complexity index is 833. The third-order valence-corrected chi connectivity index (χ3v) is 4.99. The topological polar surface area (TPSA) is 102 Å². The van der Waals surface area contributed by atoms with Gasteiger partial charge in [-0.05, 0) is 13.0 Å². The van der Waals surface area contributed by atoms with E-state index in [1.165, 1.54) is 29.8 Å². The van der Waals surface area contributed by atoms with Crippen molar-refractivity contribution in [2.75, 3.05) is 12.9 Å². The van der Waals surface area contributed by atoms with Crippen molar-refractivity contribution in [1.82, 2.24) is 4.90 Å². The highest BCUT2D eigenvalue weighted by Crippen LogP contribution is 2.42. The molecule has 3 rings (SSSR count). The van der Waals surface area contributed by atoms with Crippen LogP contribution in [0.1, 0.15) is 24.9 Å². The maximum absolute atomic E-state index is 12.5. The average Bonchev–Trinajstić information content (AvgIpc) is 2.60. The number of nitro groups is 1. The molecule has 1 atom stereocenters. The number of aliphatic imine (C=N–C) groups is 1. The smallest absolute Gasteiger partial charge is 0.338 e. The molecule has 0 aliphatic carbocycles. The number of ether oxygens (including phenoxy) is 1. The molecule has 130 valence electrons. The summed E-state index contributed by atoms with van der Waals surface area (Å²) in [6, 6.07) is 5.16. The van der Waals surface area contributed by atoms with Gasteiger partial charge in [0.1, 0.15) is 6.04 Å². The molecule has 1 aromatic rings. The molecular formula is C16H15N3O5S. The number of nitro benzene ring substituents is 1. The maximum atomic E-state index is 12.5. The summed E-state index contributed by atoms with van der Waals surface area (Å²) in [5.41, 5.74) is 0.627. The van der Waals surface area contributed by atoms with Crippen LogP contribution in [-0.2, 0) is 14.3 Å². The van der Waals surface area contributed by atoms with Crippen molar-refractivity contribution in [2.24, 2.45) is 4.99 Å². The predicted molar refractivity (Wildman–Crippen MR) is 91.9 cm³/mol. The quantitative estimate of drug-likeness (QED) is 0.465. The van der Waals surface area contributed by atoms with Crippen LogP contribution < -0.4 is 0 Å². The Morgan fingerprint density at radius 3 is 2.84 bits per heavy atom. The molecule has 1 fully saturated rings. The number of para-hydroxylation sites is 1. The molecule has 25 heavy (non-hydrogen) atoms. The van der Waals surface area contributed by atoms with E-state index in [1.807, 2.05) is 0 Å². The number of amides is 1. The van der Waals surface area contributed by atoms with Crippen molar-refractivity contribution < 1.29 is 19.2 Å². The molecule has 2 aliphatic heterocycles. The summed E-state index contributed by atoms with van der Waals surface area (Å²) in [4.78, 5) is 41.6. The summed E-state index contributed by atoms with van der Waals surface area (Å²) in [6.45, 7) is 1.64. The van der Waals surface area contributed by atoms with E-state index >= 15 is 0 Å². The molecule has 1 unspecified atom stereocenters. The number of benzene rings is 1. The molecule has 0 spiro atoms. The monoisotopic (exact) mass is 361 g/mol. The van der Waals surface area contributed by atoms with Crippen LogP contribution in [0.15, 0.2) is 40.5 Å². The number of carbonyl (C=O) groups is 2. The third-order valence-electron chi connectivity index (χ3n) is 4.04. The van der Waals surface area contributed by atoms with Gasteiger partial charge < -0.3 is 4.74 Å². The van der Waals surface area contributed by atoms with Crippen LogP contribution in [0.5, 0.6) is 0 Å². The minimum atomic E-state index is -0.929. The minimum Gasteiger partial charge on any atom is -0.466 e. The first-order chi connectivity index (χ1) is 12.0.